The molecule has 1 N–H and O–H groups in total. The number of hydrogen-bond acceptors (Lipinski definition) is 4. The lowest BCUT2D eigenvalue weighted by atomic mass is 9.84. The molecule has 1 aromatic heterocycles. The molecule has 0 spiro atoms. The van der Waals surface area contributed by atoms with E-state index in [0.29, 0.717) is 0 Å². The Bertz CT molecular complexity index is 507. The number of aromatic nitrogens is 1. The molecule has 0 aliphatic heterocycles. The lowest BCUT2D eigenvalue weighted by molar-refractivity contribution is 0.469. The zero-order valence-electron chi connectivity index (χ0n) is 10.9. The van der Waals surface area contributed by atoms with Gasteiger partial charge in [0.05, 0.1) is 0 Å². The summed E-state index contributed by atoms with van der Waals surface area (Å²) in [5, 5.41) is 3.47. The molecule has 1 aromatic carbocycles. The Balaban J connectivity index is 2.07. The summed E-state index contributed by atoms with van der Waals surface area (Å²) in [6.45, 7) is 6.42. The lowest BCUT2D eigenvalue weighted by Gasteiger charge is -2.25. The number of nitrogens with one attached hydrogen (secondary N) is 1. The van der Waals surface area contributed by atoms with Crippen LogP contribution < -0.4 is 5.32 Å². The Morgan fingerprint density at radius 1 is 1.39 bits per heavy atom. The third-order valence-corrected chi connectivity index (χ3v) is 3.51. The van der Waals surface area contributed by atoms with Crippen molar-refractivity contribution < 1.29 is 4.42 Å². The first-order valence-electron chi connectivity index (χ1n) is 6.29. The fourth-order valence-corrected chi connectivity index (χ4v) is 2.14. The highest BCUT2D eigenvalue weighted by atomic mass is 32.1. The monoisotopic (exact) mass is 264 g/mol. The SMILES string of the molecule is CC(C)(CNCCCS)c1ccc2ncoc2c1. The maximum absolute atomic E-state index is 5.36. The van der Waals surface area contributed by atoms with Crippen molar-refractivity contribution in [3.63, 3.8) is 0 Å². The number of fused-ring (bicyclic) bond motifs is 1. The van der Waals surface area contributed by atoms with E-state index in [0.717, 1.165) is 36.4 Å². The Kier molecular flexibility index (Phi) is 4.30. The van der Waals surface area contributed by atoms with E-state index in [1.807, 2.05) is 6.07 Å². The molecule has 2 aromatic rings. The van der Waals surface area contributed by atoms with Gasteiger partial charge >= 0.3 is 0 Å². The first-order valence-corrected chi connectivity index (χ1v) is 6.92. The van der Waals surface area contributed by atoms with Crippen LogP contribution in [0.2, 0.25) is 0 Å². The van der Waals surface area contributed by atoms with Crippen molar-refractivity contribution in [3.05, 3.63) is 30.2 Å². The molecule has 0 radical (unpaired) electrons. The summed E-state index contributed by atoms with van der Waals surface area (Å²) in [7, 11) is 0. The zero-order valence-corrected chi connectivity index (χ0v) is 11.8. The molecule has 1 heterocycles. The number of hydrogen-bond donors (Lipinski definition) is 2. The molecule has 0 saturated heterocycles. The quantitative estimate of drug-likeness (QED) is 0.622. The van der Waals surface area contributed by atoms with E-state index >= 15 is 0 Å². The summed E-state index contributed by atoms with van der Waals surface area (Å²) >= 11 is 4.21. The third kappa shape index (κ3) is 3.06. The third-order valence-electron chi connectivity index (χ3n) is 3.19. The van der Waals surface area contributed by atoms with Crippen molar-refractivity contribution in [3.8, 4) is 0 Å². The Hall–Kier alpha value is -1.00. The number of rotatable bonds is 6. The minimum Gasteiger partial charge on any atom is -0.443 e. The fourth-order valence-electron chi connectivity index (χ4n) is 1.98. The molecule has 0 fully saturated rings. The number of nitrogens with zero attached hydrogens (tertiary/aromatic N) is 1. The second-order valence-electron chi connectivity index (χ2n) is 5.17. The molecule has 3 nitrogen and oxygen atoms in total. The molecule has 0 amide bonds. The number of thiol groups is 1. The van der Waals surface area contributed by atoms with Crippen LogP contribution in [0, 0.1) is 0 Å². The number of oxazole rings is 1. The molecule has 98 valence electrons. The van der Waals surface area contributed by atoms with Gasteiger partial charge in [0.1, 0.15) is 5.52 Å². The van der Waals surface area contributed by atoms with Crippen LogP contribution in [-0.2, 0) is 5.41 Å². The standard InChI is InChI=1S/C14H20N2OS/c1-14(2,9-15-6-3-7-18)11-4-5-12-13(8-11)17-10-16-12/h4-5,8,10,15,18H,3,6-7,9H2,1-2H3. The van der Waals surface area contributed by atoms with E-state index in [2.05, 4.69) is 48.9 Å². The highest BCUT2D eigenvalue weighted by Gasteiger charge is 2.20. The van der Waals surface area contributed by atoms with Crippen LogP contribution in [0.3, 0.4) is 0 Å². The molecule has 0 aliphatic rings. The van der Waals surface area contributed by atoms with Gasteiger partial charge in [-0.25, -0.2) is 4.98 Å². The molecule has 0 unspecified atom stereocenters. The molecule has 0 atom stereocenters. The fraction of sp³-hybridized carbons (Fsp3) is 0.500. The molecule has 18 heavy (non-hydrogen) atoms. The highest BCUT2D eigenvalue weighted by Crippen LogP contribution is 2.25. The van der Waals surface area contributed by atoms with Gasteiger partial charge in [0, 0.05) is 12.0 Å². The van der Waals surface area contributed by atoms with E-state index in [1.165, 1.54) is 12.0 Å². The summed E-state index contributed by atoms with van der Waals surface area (Å²) in [5.74, 6) is 0.928. The van der Waals surface area contributed by atoms with E-state index in [4.69, 9.17) is 4.42 Å². The van der Waals surface area contributed by atoms with Crippen LogP contribution in [0.25, 0.3) is 11.1 Å². The summed E-state index contributed by atoms with van der Waals surface area (Å²) in [5.41, 5.74) is 3.12. The van der Waals surface area contributed by atoms with Crippen LogP contribution >= 0.6 is 12.6 Å². The Labute approximate surface area is 113 Å². The smallest absolute Gasteiger partial charge is 0.181 e. The zero-order chi connectivity index (χ0) is 13.0. The van der Waals surface area contributed by atoms with Gasteiger partial charge in [-0.2, -0.15) is 12.6 Å². The molecule has 0 aliphatic carbocycles. The second-order valence-corrected chi connectivity index (χ2v) is 5.62. The normalized spacial score (nSPS) is 12.2. The van der Waals surface area contributed by atoms with E-state index < -0.39 is 0 Å². The van der Waals surface area contributed by atoms with E-state index in [9.17, 15) is 0 Å². The van der Waals surface area contributed by atoms with Gasteiger partial charge in [0.25, 0.3) is 0 Å². The molecule has 4 heteroatoms. The summed E-state index contributed by atoms with van der Waals surface area (Å²) < 4.78 is 5.36. The first kappa shape index (κ1) is 13.4. The van der Waals surface area contributed by atoms with Gasteiger partial charge < -0.3 is 9.73 Å². The van der Waals surface area contributed by atoms with Gasteiger partial charge in [0.15, 0.2) is 12.0 Å². The van der Waals surface area contributed by atoms with Gasteiger partial charge in [-0.1, -0.05) is 19.9 Å². The molecular weight excluding hydrogens is 244 g/mol. The summed E-state index contributed by atoms with van der Waals surface area (Å²) in [6, 6.07) is 6.23. The van der Waals surface area contributed by atoms with Crippen molar-refractivity contribution in [1.82, 2.24) is 10.3 Å². The van der Waals surface area contributed by atoms with Gasteiger partial charge in [-0.05, 0) is 36.4 Å². The Morgan fingerprint density at radius 2 is 2.22 bits per heavy atom. The van der Waals surface area contributed by atoms with Gasteiger partial charge in [-0.3, -0.25) is 0 Å². The molecule has 2 rings (SSSR count). The average molecular weight is 264 g/mol. The van der Waals surface area contributed by atoms with E-state index in [-0.39, 0.29) is 5.41 Å². The summed E-state index contributed by atoms with van der Waals surface area (Å²) in [6.07, 6.45) is 2.59. The molecule has 0 saturated carbocycles. The maximum Gasteiger partial charge on any atom is 0.181 e. The highest BCUT2D eigenvalue weighted by molar-refractivity contribution is 7.80. The van der Waals surface area contributed by atoms with Crippen LogP contribution in [0.1, 0.15) is 25.8 Å². The maximum atomic E-state index is 5.36. The minimum atomic E-state index is 0.0809. The van der Waals surface area contributed by atoms with Crippen molar-refractivity contribution in [2.75, 3.05) is 18.8 Å². The number of benzene rings is 1. The average Bonchev–Trinajstić information content (AvgIpc) is 2.82. The van der Waals surface area contributed by atoms with Crippen molar-refractivity contribution in [2.45, 2.75) is 25.7 Å². The predicted molar refractivity (Wildman–Crippen MR) is 78.4 cm³/mol. The summed E-state index contributed by atoms with van der Waals surface area (Å²) in [4.78, 5) is 4.14. The van der Waals surface area contributed by atoms with E-state index in [1.54, 1.807) is 0 Å². The molecule has 0 bridgehead atoms. The molecular formula is C14H20N2OS. The van der Waals surface area contributed by atoms with Crippen LogP contribution in [0.15, 0.2) is 29.0 Å². The topological polar surface area (TPSA) is 38.1 Å². The van der Waals surface area contributed by atoms with Crippen molar-refractivity contribution in [2.24, 2.45) is 0 Å². The predicted octanol–water partition coefficient (Wildman–Crippen LogP) is 3.01. The van der Waals surface area contributed by atoms with Crippen LogP contribution in [0.5, 0.6) is 0 Å². The first-order chi connectivity index (χ1) is 8.63. The lowest BCUT2D eigenvalue weighted by Crippen LogP contribution is -2.33. The van der Waals surface area contributed by atoms with Crippen molar-refractivity contribution in [1.29, 1.82) is 0 Å². The van der Waals surface area contributed by atoms with Gasteiger partial charge in [0.2, 0.25) is 0 Å². The van der Waals surface area contributed by atoms with Crippen LogP contribution in [0.4, 0.5) is 0 Å². The van der Waals surface area contributed by atoms with Gasteiger partial charge in [-0.15, -0.1) is 0 Å². The Morgan fingerprint density at radius 3 is 3.00 bits per heavy atom. The van der Waals surface area contributed by atoms with Crippen LogP contribution in [-0.4, -0.2) is 23.8 Å². The van der Waals surface area contributed by atoms with Crippen molar-refractivity contribution >= 4 is 23.7 Å². The second kappa shape index (κ2) is 5.76. The largest absolute Gasteiger partial charge is 0.443 e. The minimum absolute atomic E-state index is 0.0809.